The summed E-state index contributed by atoms with van der Waals surface area (Å²) in [6.45, 7) is 0.816. The van der Waals surface area contributed by atoms with Gasteiger partial charge < -0.3 is 20.3 Å². The second-order valence-electron chi connectivity index (χ2n) is 3.80. The Morgan fingerprint density at radius 2 is 2.00 bits per heavy atom. The van der Waals surface area contributed by atoms with E-state index in [0.29, 0.717) is 26.1 Å². The zero-order valence-electron chi connectivity index (χ0n) is 9.02. The third kappa shape index (κ3) is 3.79. The number of rotatable bonds is 5. The summed E-state index contributed by atoms with van der Waals surface area (Å²) in [4.78, 5) is 22.4. The average Bonchev–Trinajstić information content (AvgIpc) is 2.29. The molecule has 3 N–H and O–H groups in total. The van der Waals surface area contributed by atoms with Crippen LogP contribution < -0.4 is 5.32 Å². The molecule has 1 atom stereocenters. The van der Waals surface area contributed by atoms with Gasteiger partial charge in [0.25, 0.3) is 0 Å². The second-order valence-corrected chi connectivity index (χ2v) is 3.80. The number of aliphatic hydroxyl groups is 1. The van der Waals surface area contributed by atoms with Crippen LogP contribution in [0, 0.1) is 5.92 Å². The maximum atomic E-state index is 11.7. The number of amides is 1. The van der Waals surface area contributed by atoms with Crippen LogP contribution in [0.15, 0.2) is 0 Å². The summed E-state index contributed by atoms with van der Waals surface area (Å²) in [6.07, 6.45) is 1.28. The smallest absolute Gasteiger partial charge is 0.326 e. The van der Waals surface area contributed by atoms with Crippen molar-refractivity contribution in [2.45, 2.75) is 25.3 Å². The average molecular weight is 231 g/mol. The van der Waals surface area contributed by atoms with Gasteiger partial charge in [0.05, 0.1) is 0 Å². The summed E-state index contributed by atoms with van der Waals surface area (Å²) in [6, 6.07) is -1.000. The van der Waals surface area contributed by atoms with Gasteiger partial charge in [-0.2, -0.15) is 0 Å². The number of hydrogen-bond acceptors (Lipinski definition) is 4. The summed E-state index contributed by atoms with van der Waals surface area (Å²) < 4.78 is 5.11. The maximum Gasteiger partial charge on any atom is 0.326 e. The molecule has 0 radical (unpaired) electrons. The van der Waals surface area contributed by atoms with Gasteiger partial charge >= 0.3 is 5.97 Å². The molecule has 0 aromatic heterocycles. The lowest BCUT2D eigenvalue weighted by atomic mass is 9.99. The molecule has 0 aromatic carbocycles. The van der Waals surface area contributed by atoms with E-state index in [4.69, 9.17) is 14.9 Å². The summed E-state index contributed by atoms with van der Waals surface area (Å²) in [5.41, 5.74) is 0. The number of carbonyl (C=O) groups is 2. The first-order chi connectivity index (χ1) is 7.65. The fourth-order valence-electron chi connectivity index (χ4n) is 1.64. The molecule has 1 heterocycles. The lowest BCUT2D eigenvalue weighted by Crippen LogP contribution is -2.45. The molecule has 1 fully saturated rings. The molecule has 6 heteroatoms. The van der Waals surface area contributed by atoms with Crippen LogP contribution in [0.1, 0.15) is 19.3 Å². The number of hydrogen-bond donors (Lipinski definition) is 3. The van der Waals surface area contributed by atoms with Crippen molar-refractivity contribution < 1.29 is 24.5 Å². The van der Waals surface area contributed by atoms with E-state index in [9.17, 15) is 9.59 Å². The van der Waals surface area contributed by atoms with E-state index in [0.717, 1.165) is 0 Å². The number of carbonyl (C=O) groups excluding carboxylic acids is 1. The van der Waals surface area contributed by atoms with Gasteiger partial charge in [-0.3, -0.25) is 4.79 Å². The molecule has 1 unspecified atom stereocenters. The molecular formula is C10H17NO5. The Morgan fingerprint density at radius 1 is 1.38 bits per heavy atom. The maximum absolute atomic E-state index is 11.7. The van der Waals surface area contributed by atoms with Crippen LogP contribution in [-0.2, 0) is 14.3 Å². The Bertz CT molecular complexity index is 250. The van der Waals surface area contributed by atoms with Crippen molar-refractivity contribution in [3.8, 4) is 0 Å². The van der Waals surface area contributed by atoms with Gasteiger partial charge in [-0.25, -0.2) is 4.79 Å². The number of carboxylic acid groups (broad SMARTS) is 1. The molecule has 1 amide bonds. The molecule has 0 bridgehead atoms. The summed E-state index contributed by atoms with van der Waals surface area (Å²) in [7, 11) is 0. The third-order valence-electron chi connectivity index (χ3n) is 2.62. The lowest BCUT2D eigenvalue weighted by Gasteiger charge is -2.23. The van der Waals surface area contributed by atoms with Crippen LogP contribution in [0.4, 0.5) is 0 Å². The fraction of sp³-hybridized carbons (Fsp3) is 0.800. The quantitative estimate of drug-likeness (QED) is 0.585. The second kappa shape index (κ2) is 6.44. The lowest BCUT2D eigenvalue weighted by molar-refractivity contribution is -0.143. The zero-order valence-corrected chi connectivity index (χ0v) is 9.02. The topological polar surface area (TPSA) is 95.9 Å². The van der Waals surface area contributed by atoms with E-state index < -0.39 is 12.0 Å². The van der Waals surface area contributed by atoms with Gasteiger partial charge in [-0.05, 0) is 12.8 Å². The van der Waals surface area contributed by atoms with Crippen molar-refractivity contribution in [3.63, 3.8) is 0 Å². The summed E-state index contributed by atoms with van der Waals surface area (Å²) in [5, 5.41) is 19.9. The minimum absolute atomic E-state index is 0.0320. The molecule has 1 saturated heterocycles. The van der Waals surface area contributed by atoms with Crippen LogP contribution >= 0.6 is 0 Å². The SMILES string of the molecule is O=C(NC(CCO)C(=O)O)C1CCOCC1. The van der Waals surface area contributed by atoms with E-state index in [1.54, 1.807) is 0 Å². The van der Waals surface area contributed by atoms with E-state index in [1.165, 1.54) is 0 Å². The predicted octanol–water partition coefficient (Wildman–Crippen LogP) is -0.635. The van der Waals surface area contributed by atoms with E-state index in [2.05, 4.69) is 5.32 Å². The minimum atomic E-state index is -1.12. The number of aliphatic carboxylic acids is 1. The number of nitrogens with one attached hydrogen (secondary N) is 1. The molecule has 6 nitrogen and oxygen atoms in total. The molecule has 16 heavy (non-hydrogen) atoms. The van der Waals surface area contributed by atoms with Crippen LogP contribution in [0.5, 0.6) is 0 Å². The largest absolute Gasteiger partial charge is 0.480 e. The van der Waals surface area contributed by atoms with E-state index >= 15 is 0 Å². The highest BCUT2D eigenvalue weighted by atomic mass is 16.5. The van der Waals surface area contributed by atoms with Crippen molar-refractivity contribution in [3.05, 3.63) is 0 Å². The number of carboxylic acids is 1. The Kier molecular flexibility index (Phi) is 5.21. The van der Waals surface area contributed by atoms with Gasteiger partial charge in [0.1, 0.15) is 6.04 Å². The highest BCUT2D eigenvalue weighted by molar-refractivity contribution is 5.84. The van der Waals surface area contributed by atoms with Gasteiger partial charge in [0, 0.05) is 32.2 Å². The Labute approximate surface area is 93.6 Å². The number of aliphatic hydroxyl groups excluding tert-OH is 1. The Morgan fingerprint density at radius 3 is 2.50 bits per heavy atom. The standard InChI is InChI=1S/C10H17NO5/c12-4-1-8(10(14)15)11-9(13)7-2-5-16-6-3-7/h7-8,12H,1-6H2,(H,11,13)(H,14,15). The van der Waals surface area contributed by atoms with Crippen LogP contribution in [0.25, 0.3) is 0 Å². The van der Waals surface area contributed by atoms with Crippen molar-refractivity contribution in [2.24, 2.45) is 5.92 Å². The monoisotopic (exact) mass is 231 g/mol. The summed E-state index contributed by atoms with van der Waals surface area (Å²) >= 11 is 0. The van der Waals surface area contributed by atoms with Gasteiger partial charge in [-0.15, -0.1) is 0 Å². The first kappa shape index (κ1) is 12.9. The van der Waals surface area contributed by atoms with Gasteiger partial charge in [0.2, 0.25) is 5.91 Å². The fourth-order valence-corrected chi connectivity index (χ4v) is 1.64. The molecule has 1 aliphatic rings. The van der Waals surface area contributed by atoms with Crippen LogP contribution in [-0.4, -0.2) is 48.0 Å². The van der Waals surface area contributed by atoms with Gasteiger partial charge in [-0.1, -0.05) is 0 Å². The Balaban J connectivity index is 2.43. The number of ether oxygens (including phenoxy) is 1. The van der Waals surface area contributed by atoms with Crippen molar-refractivity contribution >= 4 is 11.9 Å². The van der Waals surface area contributed by atoms with E-state index in [-0.39, 0.29) is 24.9 Å². The first-order valence-corrected chi connectivity index (χ1v) is 5.37. The molecule has 1 rings (SSSR count). The van der Waals surface area contributed by atoms with Crippen molar-refractivity contribution in [1.82, 2.24) is 5.32 Å². The highest BCUT2D eigenvalue weighted by Gasteiger charge is 2.26. The van der Waals surface area contributed by atoms with Gasteiger partial charge in [0.15, 0.2) is 0 Å². The molecule has 0 aromatic rings. The molecule has 92 valence electrons. The zero-order chi connectivity index (χ0) is 12.0. The minimum Gasteiger partial charge on any atom is -0.480 e. The predicted molar refractivity (Wildman–Crippen MR) is 54.8 cm³/mol. The van der Waals surface area contributed by atoms with Crippen LogP contribution in [0.2, 0.25) is 0 Å². The molecular weight excluding hydrogens is 214 g/mol. The van der Waals surface area contributed by atoms with E-state index in [1.807, 2.05) is 0 Å². The molecule has 1 aliphatic heterocycles. The molecule has 0 spiro atoms. The summed E-state index contributed by atoms with van der Waals surface area (Å²) in [5.74, 6) is -1.55. The van der Waals surface area contributed by atoms with Crippen molar-refractivity contribution in [2.75, 3.05) is 19.8 Å². The molecule has 0 saturated carbocycles. The normalized spacial score (nSPS) is 19.1. The first-order valence-electron chi connectivity index (χ1n) is 5.37. The van der Waals surface area contributed by atoms with Crippen molar-refractivity contribution in [1.29, 1.82) is 0 Å². The van der Waals surface area contributed by atoms with Crippen LogP contribution in [0.3, 0.4) is 0 Å². The Hall–Kier alpha value is -1.14. The molecule has 0 aliphatic carbocycles. The third-order valence-corrected chi connectivity index (χ3v) is 2.62. The highest BCUT2D eigenvalue weighted by Crippen LogP contribution is 2.14.